The van der Waals surface area contributed by atoms with E-state index in [1.165, 1.54) is 0 Å². The lowest BCUT2D eigenvalue weighted by atomic mass is 10.1. The second kappa shape index (κ2) is 6.72. The molecule has 0 atom stereocenters. The Hall–Kier alpha value is -1.82. The van der Waals surface area contributed by atoms with E-state index in [0.29, 0.717) is 0 Å². The summed E-state index contributed by atoms with van der Waals surface area (Å²) in [6.07, 6.45) is -10.4. The summed E-state index contributed by atoms with van der Waals surface area (Å²) in [4.78, 5) is -1.24. The van der Waals surface area contributed by atoms with E-state index < -0.39 is 44.2 Å². The Morgan fingerprint density at radius 1 is 0.846 bits per heavy atom. The molecule has 0 aliphatic rings. The first-order valence-corrected chi connectivity index (χ1v) is 8.75. The van der Waals surface area contributed by atoms with Gasteiger partial charge in [0.1, 0.15) is 5.82 Å². The van der Waals surface area contributed by atoms with Crippen molar-refractivity contribution in [2.45, 2.75) is 17.2 Å². The Bertz CT molecular complexity index is 907. The summed E-state index contributed by atoms with van der Waals surface area (Å²) < 4.78 is 116. The minimum absolute atomic E-state index is 0.0784. The summed E-state index contributed by atoms with van der Waals surface area (Å²) in [5, 5.41) is 0. The summed E-state index contributed by atoms with van der Waals surface area (Å²) in [5.41, 5.74) is -3.81. The number of halogens is 8. The molecule has 0 fully saturated rings. The molecule has 0 amide bonds. The van der Waals surface area contributed by atoms with Crippen molar-refractivity contribution in [2.75, 3.05) is 4.72 Å². The molecule has 1 N–H and O–H groups in total. The summed E-state index contributed by atoms with van der Waals surface area (Å²) >= 11 is 2.84. The van der Waals surface area contributed by atoms with Crippen molar-refractivity contribution in [3.63, 3.8) is 0 Å². The first kappa shape index (κ1) is 20.5. The Morgan fingerprint density at radius 2 is 1.35 bits per heavy atom. The van der Waals surface area contributed by atoms with Gasteiger partial charge in [-0.1, -0.05) is 0 Å². The molecule has 3 nitrogen and oxygen atoms in total. The van der Waals surface area contributed by atoms with Crippen molar-refractivity contribution in [2.24, 2.45) is 0 Å². The van der Waals surface area contributed by atoms with Crippen molar-refractivity contribution in [1.29, 1.82) is 0 Å². The highest BCUT2D eigenvalue weighted by atomic mass is 79.9. The third-order valence-electron chi connectivity index (χ3n) is 3.05. The predicted octanol–water partition coefficient (Wildman–Crippen LogP) is 5.43. The van der Waals surface area contributed by atoms with Crippen LogP contribution in [0.15, 0.2) is 45.8 Å². The van der Waals surface area contributed by atoms with Gasteiger partial charge >= 0.3 is 12.4 Å². The summed E-state index contributed by atoms with van der Waals surface area (Å²) in [7, 11) is -4.82. The predicted molar refractivity (Wildman–Crippen MR) is 81.4 cm³/mol. The molecule has 26 heavy (non-hydrogen) atoms. The first-order valence-electron chi connectivity index (χ1n) is 6.47. The highest BCUT2D eigenvalue weighted by molar-refractivity contribution is 9.10. The summed E-state index contributed by atoms with van der Waals surface area (Å²) in [6, 6.07) is 2.65. The molecule has 0 saturated heterocycles. The SMILES string of the molecule is O=S(=O)(Nc1ccc(F)cc1Br)c1cc(C(F)(F)F)cc(C(F)(F)F)c1. The van der Waals surface area contributed by atoms with Gasteiger partial charge in [0.15, 0.2) is 0 Å². The van der Waals surface area contributed by atoms with E-state index in [4.69, 9.17) is 0 Å². The van der Waals surface area contributed by atoms with Gasteiger partial charge in [-0.3, -0.25) is 4.72 Å². The molecule has 12 heteroatoms. The van der Waals surface area contributed by atoms with Crippen molar-refractivity contribution in [3.8, 4) is 0 Å². The van der Waals surface area contributed by atoms with E-state index in [1.807, 2.05) is 4.72 Å². The Balaban J connectivity index is 2.58. The van der Waals surface area contributed by atoms with E-state index in [-0.39, 0.29) is 28.4 Å². The molecule has 2 aromatic carbocycles. The van der Waals surface area contributed by atoms with E-state index in [2.05, 4.69) is 15.9 Å². The summed E-state index contributed by atoms with van der Waals surface area (Å²) in [5.74, 6) is -0.738. The largest absolute Gasteiger partial charge is 0.416 e. The maximum Gasteiger partial charge on any atom is 0.416 e. The summed E-state index contributed by atoms with van der Waals surface area (Å²) in [6.45, 7) is 0. The van der Waals surface area contributed by atoms with Gasteiger partial charge in [0.05, 0.1) is 21.7 Å². The van der Waals surface area contributed by atoms with Crippen LogP contribution in [0.5, 0.6) is 0 Å². The third kappa shape index (κ3) is 4.67. The zero-order valence-electron chi connectivity index (χ0n) is 12.2. The molecule has 0 spiro atoms. The molecule has 0 saturated carbocycles. The lowest BCUT2D eigenvalue weighted by molar-refractivity contribution is -0.143. The van der Waals surface area contributed by atoms with Crippen LogP contribution < -0.4 is 4.72 Å². The zero-order valence-corrected chi connectivity index (χ0v) is 14.6. The van der Waals surface area contributed by atoms with Gasteiger partial charge in [-0.25, -0.2) is 12.8 Å². The van der Waals surface area contributed by atoms with Crippen LogP contribution in [-0.4, -0.2) is 8.42 Å². The zero-order chi connectivity index (χ0) is 19.9. The molecule has 0 radical (unpaired) electrons. The van der Waals surface area contributed by atoms with Gasteiger partial charge in [0.2, 0.25) is 0 Å². The first-order chi connectivity index (χ1) is 11.7. The van der Waals surface area contributed by atoms with Crippen LogP contribution in [0.2, 0.25) is 0 Å². The molecular formula is C14H7BrF7NO2S. The minimum atomic E-state index is -5.19. The van der Waals surface area contributed by atoms with E-state index in [9.17, 15) is 39.2 Å². The Kier molecular flexibility index (Phi) is 5.30. The highest BCUT2D eigenvalue weighted by Crippen LogP contribution is 2.37. The average molecular weight is 466 g/mol. The van der Waals surface area contributed by atoms with Crippen molar-refractivity contribution < 1.29 is 39.2 Å². The molecule has 0 aromatic heterocycles. The van der Waals surface area contributed by atoms with Crippen LogP contribution in [0.1, 0.15) is 11.1 Å². The van der Waals surface area contributed by atoms with Gasteiger partial charge in [-0.05, 0) is 52.3 Å². The number of alkyl halides is 6. The van der Waals surface area contributed by atoms with E-state index in [1.54, 1.807) is 0 Å². The normalized spacial score (nSPS) is 12.9. The van der Waals surface area contributed by atoms with Crippen LogP contribution >= 0.6 is 15.9 Å². The van der Waals surface area contributed by atoms with Crippen molar-refractivity contribution >= 4 is 31.6 Å². The molecule has 0 aliphatic heterocycles. The lowest BCUT2D eigenvalue weighted by Crippen LogP contribution is -2.17. The van der Waals surface area contributed by atoms with Crippen LogP contribution in [0, 0.1) is 5.82 Å². The maximum absolute atomic E-state index is 13.0. The van der Waals surface area contributed by atoms with E-state index in [0.717, 1.165) is 18.2 Å². The topological polar surface area (TPSA) is 46.2 Å². The van der Waals surface area contributed by atoms with Gasteiger partial charge in [-0.15, -0.1) is 0 Å². The minimum Gasteiger partial charge on any atom is -0.278 e. The van der Waals surface area contributed by atoms with Crippen molar-refractivity contribution in [3.05, 3.63) is 57.8 Å². The second-order valence-corrected chi connectivity index (χ2v) is 7.51. The molecule has 0 bridgehead atoms. The molecule has 0 aliphatic carbocycles. The lowest BCUT2D eigenvalue weighted by Gasteiger charge is -2.15. The van der Waals surface area contributed by atoms with Gasteiger partial charge in [0, 0.05) is 4.47 Å². The standard InChI is InChI=1S/C14H7BrF7NO2S/c15-11-6-9(16)1-2-12(11)23-26(24,25)10-4-7(13(17,18)19)3-8(5-10)14(20,21)22/h1-6,23H. The number of anilines is 1. The number of benzene rings is 2. The quantitative estimate of drug-likeness (QED) is 0.614. The van der Waals surface area contributed by atoms with Crippen LogP contribution in [-0.2, 0) is 22.4 Å². The molecule has 142 valence electrons. The Labute approximate surface area is 151 Å². The fourth-order valence-corrected chi connectivity index (χ4v) is 3.59. The fourth-order valence-electron chi connectivity index (χ4n) is 1.86. The van der Waals surface area contributed by atoms with Crippen LogP contribution in [0.25, 0.3) is 0 Å². The molecular weight excluding hydrogens is 459 g/mol. The molecule has 0 heterocycles. The molecule has 0 unspecified atom stereocenters. The maximum atomic E-state index is 13.0. The number of nitrogens with one attached hydrogen (secondary N) is 1. The number of rotatable bonds is 3. The highest BCUT2D eigenvalue weighted by Gasteiger charge is 2.38. The third-order valence-corrected chi connectivity index (χ3v) is 5.05. The number of hydrogen-bond donors (Lipinski definition) is 1. The Morgan fingerprint density at radius 3 is 1.77 bits per heavy atom. The van der Waals surface area contributed by atoms with E-state index >= 15 is 0 Å². The van der Waals surface area contributed by atoms with Crippen LogP contribution in [0.4, 0.5) is 36.4 Å². The molecule has 2 rings (SSSR count). The molecule has 2 aromatic rings. The number of sulfonamides is 1. The van der Waals surface area contributed by atoms with Gasteiger partial charge in [0.25, 0.3) is 10.0 Å². The number of hydrogen-bond acceptors (Lipinski definition) is 2. The van der Waals surface area contributed by atoms with Crippen molar-refractivity contribution in [1.82, 2.24) is 0 Å². The van der Waals surface area contributed by atoms with Crippen LogP contribution in [0.3, 0.4) is 0 Å². The average Bonchev–Trinajstić information content (AvgIpc) is 2.48. The second-order valence-electron chi connectivity index (χ2n) is 4.97. The fraction of sp³-hybridized carbons (Fsp3) is 0.143. The van der Waals surface area contributed by atoms with Gasteiger partial charge < -0.3 is 0 Å². The smallest absolute Gasteiger partial charge is 0.278 e. The van der Waals surface area contributed by atoms with Gasteiger partial charge in [-0.2, -0.15) is 26.3 Å². The monoisotopic (exact) mass is 465 g/mol.